The van der Waals surface area contributed by atoms with Crippen LogP contribution in [0.4, 0.5) is 4.39 Å². The van der Waals surface area contributed by atoms with E-state index < -0.39 is 0 Å². The van der Waals surface area contributed by atoms with Crippen molar-refractivity contribution in [1.29, 1.82) is 0 Å². The van der Waals surface area contributed by atoms with Gasteiger partial charge in [-0.2, -0.15) is 0 Å². The molecule has 3 unspecified atom stereocenters. The van der Waals surface area contributed by atoms with Gasteiger partial charge >= 0.3 is 0 Å². The molecule has 1 aromatic rings. The quantitative estimate of drug-likeness (QED) is 0.793. The van der Waals surface area contributed by atoms with Crippen molar-refractivity contribution >= 4 is 15.9 Å². The van der Waals surface area contributed by atoms with Crippen molar-refractivity contribution in [3.63, 3.8) is 0 Å². The average molecular weight is 289 g/mol. The second kappa shape index (κ2) is 5.15. The van der Waals surface area contributed by atoms with E-state index in [1.807, 2.05) is 6.92 Å². The molecule has 0 aliphatic heterocycles. The Morgan fingerprint density at radius 1 is 1.50 bits per heavy atom. The van der Waals surface area contributed by atoms with Crippen molar-refractivity contribution < 1.29 is 13.9 Å². The van der Waals surface area contributed by atoms with Crippen molar-refractivity contribution in [2.75, 3.05) is 6.61 Å². The Morgan fingerprint density at radius 2 is 2.31 bits per heavy atom. The maximum Gasteiger partial charge on any atom is 0.127 e. The van der Waals surface area contributed by atoms with Gasteiger partial charge in [-0.15, -0.1) is 0 Å². The van der Waals surface area contributed by atoms with Crippen LogP contribution in [0.1, 0.15) is 13.3 Å². The van der Waals surface area contributed by atoms with E-state index in [1.54, 1.807) is 12.1 Å². The third-order valence-electron chi connectivity index (χ3n) is 2.62. The zero-order valence-corrected chi connectivity index (χ0v) is 10.6. The SMILES string of the molecule is CCOC1C(Br)CC1Oc1cccc(F)c1. The monoisotopic (exact) mass is 288 g/mol. The van der Waals surface area contributed by atoms with Gasteiger partial charge in [0.15, 0.2) is 0 Å². The van der Waals surface area contributed by atoms with E-state index >= 15 is 0 Å². The van der Waals surface area contributed by atoms with E-state index in [9.17, 15) is 4.39 Å². The predicted octanol–water partition coefficient (Wildman–Crippen LogP) is 3.15. The van der Waals surface area contributed by atoms with Gasteiger partial charge in [0.2, 0.25) is 0 Å². The molecule has 0 saturated heterocycles. The van der Waals surface area contributed by atoms with Crippen molar-refractivity contribution in [1.82, 2.24) is 0 Å². The molecule has 16 heavy (non-hydrogen) atoms. The summed E-state index contributed by atoms with van der Waals surface area (Å²) < 4.78 is 24.2. The molecule has 0 aromatic heterocycles. The van der Waals surface area contributed by atoms with Crippen LogP contribution in [0.3, 0.4) is 0 Å². The standard InChI is InChI=1S/C12H14BrFO2/c1-2-15-12-10(13)7-11(12)16-9-5-3-4-8(14)6-9/h3-6,10-12H,2,7H2,1H3. The molecule has 2 rings (SSSR count). The second-order valence-electron chi connectivity index (χ2n) is 3.79. The van der Waals surface area contributed by atoms with Gasteiger partial charge in [-0.1, -0.05) is 22.0 Å². The summed E-state index contributed by atoms with van der Waals surface area (Å²) in [5.74, 6) is 0.286. The van der Waals surface area contributed by atoms with Crippen LogP contribution in [0.2, 0.25) is 0 Å². The summed E-state index contributed by atoms with van der Waals surface area (Å²) in [6, 6.07) is 6.20. The molecule has 0 spiro atoms. The molecular weight excluding hydrogens is 275 g/mol. The maximum absolute atomic E-state index is 12.9. The fourth-order valence-electron chi connectivity index (χ4n) is 1.76. The maximum atomic E-state index is 12.9. The zero-order valence-electron chi connectivity index (χ0n) is 9.03. The van der Waals surface area contributed by atoms with Crippen LogP contribution in [0.25, 0.3) is 0 Å². The Morgan fingerprint density at radius 3 is 2.94 bits per heavy atom. The first kappa shape index (κ1) is 11.9. The van der Waals surface area contributed by atoms with E-state index in [0.29, 0.717) is 17.2 Å². The smallest absolute Gasteiger partial charge is 0.127 e. The summed E-state index contributed by atoms with van der Waals surface area (Å²) in [6.07, 6.45) is 0.973. The molecule has 88 valence electrons. The Kier molecular flexibility index (Phi) is 3.82. The molecule has 1 fully saturated rings. The Labute approximate surface area is 103 Å². The number of benzene rings is 1. The molecule has 0 heterocycles. The van der Waals surface area contributed by atoms with Crippen LogP contribution in [0.5, 0.6) is 5.75 Å². The van der Waals surface area contributed by atoms with Gasteiger partial charge in [0.1, 0.15) is 23.8 Å². The van der Waals surface area contributed by atoms with Gasteiger partial charge in [0.25, 0.3) is 0 Å². The molecule has 0 bridgehead atoms. The summed E-state index contributed by atoms with van der Waals surface area (Å²) in [4.78, 5) is 0.339. The first-order chi connectivity index (χ1) is 7.70. The van der Waals surface area contributed by atoms with Crippen LogP contribution >= 0.6 is 15.9 Å². The number of ether oxygens (including phenoxy) is 2. The Hall–Kier alpha value is -0.610. The highest BCUT2D eigenvalue weighted by atomic mass is 79.9. The minimum Gasteiger partial charge on any atom is -0.488 e. The molecular formula is C12H14BrFO2. The van der Waals surface area contributed by atoms with Crippen LogP contribution in [0.15, 0.2) is 24.3 Å². The van der Waals surface area contributed by atoms with Crippen molar-refractivity contribution in [2.45, 2.75) is 30.4 Å². The Bertz CT molecular complexity index is 359. The van der Waals surface area contributed by atoms with E-state index in [0.717, 1.165) is 6.42 Å². The topological polar surface area (TPSA) is 18.5 Å². The average Bonchev–Trinajstić information content (AvgIpc) is 2.26. The second-order valence-corrected chi connectivity index (χ2v) is 4.96. The van der Waals surface area contributed by atoms with Crippen molar-refractivity contribution in [3.8, 4) is 5.75 Å². The van der Waals surface area contributed by atoms with Crippen LogP contribution in [-0.2, 0) is 4.74 Å². The molecule has 1 aromatic carbocycles. The third kappa shape index (κ3) is 2.55. The van der Waals surface area contributed by atoms with Crippen LogP contribution in [-0.4, -0.2) is 23.6 Å². The van der Waals surface area contributed by atoms with Gasteiger partial charge < -0.3 is 9.47 Å². The number of alkyl halides is 1. The largest absolute Gasteiger partial charge is 0.488 e. The molecule has 1 aliphatic rings. The number of rotatable bonds is 4. The van der Waals surface area contributed by atoms with E-state index in [-0.39, 0.29) is 18.0 Å². The summed E-state index contributed by atoms with van der Waals surface area (Å²) in [5.41, 5.74) is 0. The van der Waals surface area contributed by atoms with Crippen LogP contribution < -0.4 is 4.74 Å². The predicted molar refractivity (Wildman–Crippen MR) is 63.6 cm³/mol. The lowest BCUT2D eigenvalue weighted by atomic mass is 9.91. The number of hydrogen-bond acceptors (Lipinski definition) is 2. The van der Waals surface area contributed by atoms with Gasteiger partial charge in [-0.3, -0.25) is 0 Å². The van der Waals surface area contributed by atoms with E-state index in [4.69, 9.17) is 9.47 Å². The molecule has 3 atom stereocenters. The first-order valence-electron chi connectivity index (χ1n) is 5.38. The molecule has 0 radical (unpaired) electrons. The van der Waals surface area contributed by atoms with Crippen LogP contribution in [0, 0.1) is 5.82 Å². The minimum atomic E-state index is -0.278. The summed E-state index contributed by atoms with van der Waals surface area (Å²) in [5, 5.41) is 0. The molecule has 0 amide bonds. The first-order valence-corrected chi connectivity index (χ1v) is 6.30. The highest BCUT2D eigenvalue weighted by molar-refractivity contribution is 9.09. The van der Waals surface area contributed by atoms with E-state index in [1.165, 1.54) is 12.1 Å². The summed E-state index contributed by atoms with van der Waals surface area (Å²) in [7, 11) is 0. The minimum absolute atomic E-state index is 0.0196. The van der Waals surface area contributed by atoms with Gasteiger partial charge in [-0.05, 0) is 19.1 Å². The van der Waals surface area contributed by atoms with Gasteiger partial charge in [0.05, 0.1) is 0 Å². The lowest BCUT2D eigenvalue weighted by Gasteiger charge is -2.40. The van der Waals surface area contributed by atoms with E-state index in [2.05, 4.69) is 15.9 Å². The molecule has 2 nitrogen and oxygen atoms in total. The summed E-state index contributed by atoms with van der Waals surface area (Å²) in [6.45, 7) is 2.62. The number of hydrogen-bond donors (Lipinski definition) is 0. The molecule has 4 heteroatoms. The molecule has 1 aliphatic carbocycles. The molecule has 0 N–H and O–H groups in total. The van der Waals surface area contributed by atoms with Gasteiger partial charge in [-0.25, -0.2) is 4.39 Å². The summed E-state index contributed by atoms with van der Waals surface area (Å²) >= 11 is 3.52. The fraction of sp³-hybridized carbons (Fsp3) is 0.500. The molecule has 1 saturated carbocycles. The normalized spacial score (nSPS) is 28.6. The Balaban J connectivity index is 1.95. The lowest BCUT2D eigenvalue weighted by Crippen LogP contribution is -2.52. The fourth-order valence-corrected chi connectivity index (χ4v) is 2.62. The van der Waals surface area contributed by atoms with Crippen molar-refractivity contribution in [3.05, 3.63) is 30.1 Å². The van der Waals surface area contributed by atoms with Gasteiger partial charge in [0, 0.05) is 23.9 Å². The third-order valence-corrected chi connectivity index (χ3v) is 3.52. The van der Waals surface area contributed by atoms with Crippen molar-refractivity contribution in [2.24, 2.45) is 0 Å². The lowest BCUT2D eigenvalue weighted by molar-refractivity contribution is -0.0724. The highest BCUT2D eigenvalue weighted by Gasteiger charge is 2.42. The highest BCUT2D eigenvalue weighted by Crippen LogP contribution is 2.34. The zero-order chi connectivity index (χ0) is 11.5. The number of halogens is 2.